The third-order valence-corrected chi connectivity index (χ3v) is 6.27. The molecule has 0 bridgehead atoms. The van der Waals surface area contributed by atoms with Gasteiger partial charge in [0.15, 0.2) is 0 Å². The van der Waals surface area contributed by atoms with Crippen molar-refractivity contribution in [3.05, 3.63) is 84.4 Å². The Bertz CT molecular complexity index is 1130. The number of rotatable bonds is 9. The van der Waals surface area contributed by atoms with E-state index in [2.05, 4.69) is 5.32 Å². The average molecular weight is 441 g/mol. The molecule has 0 heterocycles. The van der Waals surface area contributed by atoms with Crippen LogP contribution in [0.25, 0.3) is 0 Å². The van der Waals surface area contributed by atoms with Gasteiger partial charge >= 0.3 is 0 Å². The molecule has 3 aromatic rings. The molecule has 0 aromatic heterocycles. The summed E-state index contributed by atoms with van der Waals surface area (Å²) in [5.41, 5.74) is 1.77. The molecule has 3 aromatic carbocycles. The first kappa shape index (κ1) is 22.3. The van der Waals surface area contributed by atoms with E-state index < -0.39 is 22.5 Å². The molecule has 1 amide bonds. The van der Waals surface area contributed by atoms with E-state index in [4.69, 9.17) is 9.47 Å². The Hall–Kier alpha value is -3.36. The lowest BCUT2D eigenvalue weighted by Crippen LogP contribution is -2.38. The van der Waals surface area contributed by atoms with E-state index in [1.54, 1.807) is 67.8 Å². The van der Waals surface area contributed by atoms with E-state index in [9.17, 15) is 13.2 Å². The highest BCUT2D eigenvalue weighted by Gasteiger charge is 2.27. The molecule has 0 saturated heterocycles. The van der Waals surface area contributed by atoms with Gasteiger partial charge in [0, 0.05) is 18.9 Å². The minimum Gasteiger partial charge on any atom is -0.497 e. The Labute approximate surface area is 182 Å². The van der Waals surface area contributed by atoms with Crippen LogP contribution in [-0.4, -0.2) is 35.1 Å². The standard InChI is InChI=1S/C23H24N2O5S/c1-29-17-18-8-6-9-19(14-18)24-23(26)16-25(20-10-7-11-21(15-20)30-2)31(27,28)22-12-4-3-5-13-22/h3-15H,16-17H2,1-2H3,(H,24,26). The molecule has 0 spiro atoms. The summed E-state index contributed by atoms with van der Waals surface area (Å²) in [6.45, 7) is 0.000925. The van der Waals surface area contributed by atoms with Gasteiger partial charge in [-0.2, -0.15) is 0 Å². The van der Waals surface area contributed by atoms with Gasteiger partial charge in [-0.1, -0.05) is 36.4 Å². The topological polar surface area (TPSA) is 84.9 Å². The number of nitrogens with one attached hydrogen (secondary N) is 1. The number of hydrogen-bond acceptors (Lipinski definition) is 5. The van der Waals surface area contributed by atoms with E-state index in [-0.39, 0.29) is 4.90 Å². The first-order valence-corrected chi connectivity index (χ1v) is 11.0. The highest BCUT2D eigenvalue weighted by molar-refractivity contribution is 7.92. The van der Waals surface area contributed by atoms with Crippen molar-refractivity contribution in [3.8, 4) is 5.75 Å². The van der Waals surface area contributed by atoms with Gasteiger partial charge in [0.25, 0.3) is 10.0 Å². The number of benzene rings is 3. The van der Waals surface area contributed by atoms with Crippen LogP contribution in [0.15, 0.2) is 83.8 Å². The number of anilines is 2. The summed E-state index contributed by atoms with van der Waals surface area (Å²) in [4.78, 5) is 12.9. The van der Waals surface area contributed by atoms with Crippen molar-refractivity contribution >= 4 is 27.3 Å². The van der Waals surface area contributed by atoms with Gasteiger partial charge in [0.05, 0.1) is 24.3 Å². The number of methoxy groups -OCH3 is 2. The molecule has 0 unspecified atom stereocenters. The van der Waals surface area contributed by atoms with E-state index in [1.165, 1.54) is 19.2 Å². The molecule has 0 aliphatic carbocycles. The van der Waals surface area contributed by atoms with E-state index >= 15 is 0 Å². The summed E-state index contributed by atoms with van der Waals surface area (Å²) < 4.78 is 38.1. The normalized spacial score (nSPS) is 11.0. The zero-order chi connectivity index (χ0) is 22.3. The van der Waals surface area contributed by atoms with Gasteiger partial charge in [0.1, 0.15) is 12.3 Å². The average Bonchev–Trinajstić information content (AvgIpc) is 2.78. The quantitative estimate of drug-likeness (QED) is 0.549. The van der Waals surface area contributed by atoms with Crippen LogP contribution in [0.3, 0.4) is 0 Å². The molecule has 162 valence electrons. The molecule has 1 N–H and O–H groups in total. The monoisotopic (exact) mass is 440 g/mol. The summed E-state index contributed by atoms with van der Waals surface area (Å²) in [7, 11) is -0.902. The first-order valence-electron chi connectivity index (χ1n) is 9.53. The van der Waals surface area contributed by atoms with Crippen LogP contribution in [0, 0.1) is 0 Å². The number of ether oxygens (including phenoxy) is 2. The Morgan fingerprint density at radius 3 is 2.39 bits per heavy atom. The van der Waals surface area contributed by atoms with Gasteiger partial charge in [-0.25, -0.2) is 8.42 Å². The molecule has 31 heavy (non-hydrogen) atoms. The van der Waals surface area contributed by atoms with Gasteiger partial charge in [0.2, 0.25) is 5.91 Å². The molecule has 3 rings (SSSR count). The van der Waals surface area contributed by atoms with Crippen LogP contribution in [0.4, 0.5) is 11.4 Å². The van der Waals surface area contributed by atoms with Crippen LogP contribution >= 0.6 is 0 Å². The van der Waals surface area contributed by atoms with Gasteiger partial charge in [-0.15, -0.1) is 0 Å². The molecule has 8 heteroatoms. The second-order valence-corrected chi connectivity index (χ2v) is 8.57. The van der Waals surface area contributed by atoms with Crippen LogP contribution in [-0.2, 0) is 26.2 Å². The minimum absolute atomic E-state index is 0.0905. The number of carbonyl (C=O) groups excluding carboxylic acids is 1. The fourth-order valence-corrected chi connectivity index (χ4v) is 4.47. The number of amides is 1. The van der Waals surface area contributed by atoms with Crippen molar-refractivity contribution in [1.82, 2.24) is 0 Å². The molecule has 0 fully saturated rings. The van der Waals surface area contributed by atoms with Gasteiger partial charge in [-0.3, -0.25) is 9.10 Å². The first-order chi connectivity index (χ1) is 14.9. The van der Waals surface area contributed by atoms with Crippen LogP contribution < -0.4 is 14.4 Å². The predicted octanol–water partition coefficient (Wildman–Crippen LogP) is 3.68. The number of sulfonamides is 1. The lowest BCUT2D eigenvalue weighted by atomic mass is 10.2. The van der Waals surface area contributed by atoms with Crippen LogP contribution in [0.5, 0.6) is 5.75 Å². The van der Waals surface area contributed by atoms with E-state index in [1.807, 2.05) is 6.07 Å². The molecule has 0 radical (unpaired) electrons. The van der Waals surface area contributed by atoms with Crippen molar-refractivity contribution in [1.29, 1.82) is 0 Å². The zero-order valence-electron chi connectivity index (χ0n) is 17.3. The Balaban J connectivity index is 1.91. The maximum absolute atomic E-state index is 13.3. The fraction of sp³-hybridized carbons (Fsp3) is 0.174. The van der Waals surface area contributed by atoms with Gasteiger partial charge in [-0.05, 0) is 42.0 Å². The second kappa shape index (κ2) is 10.1. The van der Waals surface area contributed by atoms with Crippen LogP contribution in [0.1, 0.15) is 5.56 Å². The van der Waals surface area contributed by atoms with Gasteiger partial charge < -0.3 is 14.8 Å². The molecule has 0 aliphatic rings. The fourth-order valence-electron chi connectivity index (χ4n) is 3.04. The number of nitrogens with zero attached hydrogens (tertiary/aromatic N) is 1. The number of hydrogen-bond donors (Lipinski definition) is 1. The molecular formula is C23H24N2O5S. The summed E-state index contributed by atoms with van der Waals surface area (Å²) in [5, 5.41) is 2.76. The molecular weight excluding hydrogens is 416 g/mol. The molecule has 0 atom stereocenters. The summed E-state index contributed by atoms with van der Waals surface area (Å²) in [6.07, 6.45) is 0. The largest absolute Gasteiger partial charge is 0.497 e. The van der Waals surface area contributed by atoms with E-state index in [0.717, 1.165) is 9.87 Å². The summed E-state index contributed by atoms with van der Waals surface area (Å²) in [6, 6.07) is 21.8. The highest BCUT2D eigenvalue weighted by atomic mass is 32.2. The zero-order valence-corrected chi connectivity index (χ0v) is 18.1. The smallest absolute Gasteiger partial charge is 0.264 e. The van der Waals surface area contributed by atoms with Crippen molar-refractivity contribution in [3.63, 3.8) is 0 Å². The SMILES string of the molecule is COCc1cccc(NC(=O)CN(c2cccc(OC)c2)S(=O)(=O)c2ccccc2)c1. The lowest BCUT2D eigenvalue weighted by Gasteiger charge is -2.24. The summed E-state index contributed by atoms with van der Waals surface area (Å²) in [5.74, 6) is 0.00956. The molecule has 0 aliphatic heterocycles. The van der Waals surface area contributed by atoms with Crippen molar-refractivity contribution < 1.29 is 22.7 Å². The highest BCUT2D eigenvalue weighted by Crippen LogP contribution is 2.27. The van der Waals surface area contributed by atoms with Crippen molar-refractivity contribution in [2.75, 3.05) is 30.4 Å². The third-order valence-electron chi connectivity index (χ3n) is 4.48. The second-order valence-electron chi connectivity index (χ2n) is 6.71. The Morgan fingerprint density at radius 2 is 1.68 bits per heavy atom. The van der Waals surface area contributed by atoms with Crippen molar-refractivity contribution in [2.45, 2.75) is 11.5 Å². The van der Waals surface area contributed by atoms with Crippen LogP contribution in [0.2, 0.25) is 0 Å². The summed E-state index contributed by atoms with van der Waals surface area (Å²) >= 11 is 0. The maximum Gasteiger partial charge on any atom is 0.264 e. The lowest BCUT2D eigenvalue weighted by molar-refractivity contribution is -0.114. The van der Waals surface area contributed by atoms with Crippen molar-refractivity contribution in [2.24, 2.45) is 0 Å². The minimum atomic E-state index is -3.99. The third kappa shape index (κ3) is 5.62. The Morgan fingerprint density at radius 1 is 0.935 bits per heavy atom. The van der Waals surface area contributed by atoms with E-state index in [0.29, 0.717) is 23.7 Å². The molecule has 0 saturated carbocycles. The maximum atomic E-state index is 13.3. The predicted molar refractivity (Wildman–Crippen MR) is 120 cm³/mol. The molecule has 7 nitrogen and oxygen atoms in total. The number of carbonyl (C=O) groups is 1. The Kier molecular flexibility index (Phi) is 7.28.